The van der Waals surface area contributed by atoms with Gasteiger partial charge in [0, 0.05) is 42.1 Å². The van der Waals surface area contributed by atoms with Crippen molar-refractivity contribution < 1.29 is 14.2 Å². The quantitative estimate of drug-likeness (QED) is 0.353. The first-order chi connectivity index (χ1) is 16.2. The number of likely N-dealkylation sites (tertiary alicyclic amines) is 1. The SMILES string of the molecule is Oc1ccc(-c2[nH]c3ccccc3c2CCc2ccc(OCCN3CC(CF)C3)cc2)cc1. The maximum absolute atomic E-state index is 12.5. The fraction of sp³-hybridized carbons (Fsp3) is 0.286. The average molecular weight is 445 g/mol. The third-order valence-electron chi connectivity index (χ3n) is 6.48. The summed E-state index contributed by atoms with van der Waals surface area (Å²) in [5, 5.41) is 10.9. The molecule has 170 valence electrons. The molecule has 2 heterocycles. The van der Waals surface area contributed by atoms with E-state index in [1.807, 2.05) is 30.3 Å². The zero-order chi connectivity index (χ0) is 22.6. The van der Waals surface area contributed by atoms with E-state index in [0.717, 1.165) is 55.0 Å². The second kappa shape index (κ2) is 9.67. The van der Waals surface area contributed by atoms with Crippen LogP contribution in [0.2, 0.25) is 0 Å². The molecular weight excluding hydrogens is 415 g/mol. The lowest BCUT2D eigenvalue weighted by Gasteiger charge is -2.37. The molecule has 0 saturated carbocycles. The molecule has 33 heavy (non-hydrogen) atoms. The second-order valence-corrected chi connectivity index (χ2v) is 8.84. The summed E-state index contributed by atoms with van der Waals surface area (Å²) in [5.74, 6) is 1.36. The summed E-state index contributed by atoms with van der Waals surface area (Å²) in [6.07, 6.45) is 1.83. The maximum atomic E-state index is 12.5. The summed E-state index contributed by atoms with van der Waals surface area (Å²) in [5.41, 5.74) is 5.86. The molecular formula is C28H29FN2O2. The highest BCUT2D eigenvalue weighted by Crippen LogP contribution is 2.32. The monoisotopic (exact) mass is 444 g/mol. The Hall–Kier alpha value is -3.31. The molecule has 0 aliphatic carbocycles. The van der Waals surface area contributed by atoms with Crippen molar-refractivity contribution in [3.63, 3.8) is 0 Å². The average Bonchev–Trinajstić information content (AvgIpc) is 3.19. The molecule has 0 radical (unpaired) electrons. The number of nitrogens with one attached hydrogen (secondary N) is 1. The van der Waals surface area contributed by atoms with Crippen LogP contribution in [0.4, 0.5) is 4.39 Å². The number of aromatic hydroxyl groups is 1. The Bertz CT molecular complexity index is 1200. The smallest absolute Gasteiger partial charge is 0.119 e. The van der Waals surface area contributed by atoms with Gasteiger partial charge >= 0.3 is 0 Å². The topological polar surface area (TPSA) is 48.5 Å². The predicted molar refractivity (Wildman–Crippen MR) is 131 cm³/mol. The van der Waals surface area contributed by atoms with Gasteiger partial charge in [-0.3, -0.25) is 9.29 Å². The molecule has 2 N–H and O–H groups in total. The fourth-order valence-corrected chi connectivity index (χ4v) is 4.61. The van der Waals surface area contributed by atoms with Crippen LogP contribution in [-0.4, -0.2) is 47.9 Å². The lowest BCUT2D eigenvalue weighted by Crippen LogP contribution is -2.49. The van der Waals surface area contributed by atoms with E-state index in [9.17, 15) is 9.50 Å². The Kier molecular flexibility index (Phi) is 6.31. The zero-order valence-electron chi connectivity index (χ0n) is 18.6. The number of H-pyrrole nitrogens is 1. The van der Waals surface area contributed by atoms with E-state index in [1.54, 1.807) is 12.1 Å². The van der Waals surface area contributed by atoms with Gasteiger partial charge in [-0.05, 0) is 72.0 Å². The number of aromatic amines is 1. The highest BCUT2D eigenvalue weighted by molar-refractivity contribution is 5.90. The largest absolute Gasteiger partial charge is 0.508 e. The Balaban J connectivity index is 1.23. The first kappa shape index (κ1) is 21.5. The third kappa shape index (κ3) is 4.88. The molecule has 1 saturated heterocycles. The number of fused-ring (bicyclic) bond motifs is 1. The van der Waals surface area contributed by atoms with Gasteiger partial charge in [0.05, 0.1) is 6.67 Å². The number of rotatable bonds is 9. The summed E-state index contributed by atoms with van der Waals surface area (Å²) in [6, 6.07) is 24.1. The molecule has 4 nitrogen and oxygen atoms in total. The number of para-hydroxylation sites is 1. The molecule has 5 rings (SSSR count). The first-order valence-corrected chi connectivity index (χ1v) is 11.6. The van der Waals surface area contributed by atoms with E-state index in [4.69, 9.17) is 4.74 Å². The predicted octanol–water partition coefficient (Wildman–Crippen LogP) is 5.61. The molecule has 0 spiro atoms. The fourth-order valence-electron chi connectivity index (χ4n) is 4.61. The van der Waals surface area contributed by atoms with Crippen molar-refractivity contribution in [3.05, 3.63) is 83.9 Å². The van der Waals surface area contributed by atoms with Crippen LogP contribution in [-0.2, 0) is 12.8 Å². The molecule has 5 heteroatoms. The van der Waals surface area contributed by atoms with Gasteiger partial charge < -0.3 is 14.8 Å². The van der Waals surface area contributed by atoms with Crippen molar-refractivity contribution in [3.8, 4) is 22.8 Å². The van der Waals surface area contributed by atoms with E-state index in [0.29, 0.717) is 6.61 Å². The van der Waals surface area contributed by atoms with Crippen molar-refractivity contribution in [2.45, 2.75) is 12.8 Å². The Morgan fingerprint density at radius 2 is 1.70 bits per heavy atom. The number of nitrogens with zero attached hydrogens (tertiary/aromatic N) is 1. The maximum Gasteiger partial charge on any atom is 0.119 e. The van der Waals surface area contributed by atoms with E-state index in [1.165, 1.54) is 16.5 Å². The van der Waals surface area contributed by atoms with E-state index in [-0.39, 0.29) is 18.3 Å². The minimum Gasteiger partial charge on any atom is -0.508 e. The number of aromatic nitrogens is 1. The summed E-state index contributed by atoms with van der Waals surface area (Å²) >= 11 is 0. The van der Waals surface area contributed by atoms with Crippen molar-refractivity contribution in [2.24, 2.45) is 5.92 Å². The van der Waals surface area contributed by atoms with Crippen LogP contribution in [0, 0.1) is 5.92 Å². The van der Waals surface area contributed by atoms with Crippen molar-refractivity contribution >= 4 is 10.9 Å². The number of alkyl halides is 1. The van der Waals surface area contributed by atoms with Crippen LogP contribution in [0.5, 0.6) is 11.5 Å². The number of aryl methyl sites for hydroxylation is 2. The van der Waals surface area contributed by atoms with Gasteiger partial charge in [-0.1, -0.05) is 30.3 Å². The number of halogens is 1. The lowest BCUT2D eigenvalue weighted by atomic mass is 9.98. The van der Waals surface area contributed by atoms with Gasteiger partial charge in [0.25, 0.3) is 0 Å². The Morgan fingerprint density at radius 3 is 2.45 bits per heavy atom. The van der Waals surface area contributed by atoms with Crippen molar-refractivity contribution in [2.75, 3.05) is 32.9 Å². The summed E-state index contributed by atoms with van der Waals surface area (Å²) < 4.78 is 18.4. The summed E-state index contributed by atoms with van der Waals surface area (Å²) in [6.45, 7) is 2.95. The minimum absolute atomic E-state index is 0.214. The van der Waals surface area contributed by atoms with Crippen molar-refractivity contribution in [1.82, 2.24) is 9.88 Å². The summed E-state index contributed by atoms with van der Waals surface area (Å²) in [4.78, 5) is 5.79. The number of hydrogen-bond donors (Lipinski definition) is 2. The zero-order valence-corrected chi connectivity index (χ0v) is 18.6. The Labute approximate surface area is 193 Å². The number of hydrogen-bond acceptors (Lipinski definition) is 3. The molecule has 0 bridgehead atoms. The molecule has 1 fully saturated rings. The van der Waals surface area contributed by atoms with Crippen LogP contribution in [0.25, 0.3) is 22.2 Å². The van der Waals surface area contributed by atoms with Crippen LogP contribution in [0.15, 0.2) is 72.8 Å². The molecule has 4 aromatic rings. The lowest BCUT2D eigenvalue weighted by molar-refractivity contribution is 0.0668. The second-order valence-electron chi connectivity index (χ2n) is 8.84. The van der Waals surface area contributed by atoms with Crippen LogP contribution in [0.3, 0.4) is 0 Å². The first-order valence-electron chi connectivity index (χ1n) is 11.6. The van der Waals surface area contributed by atoms with E-state index >= 15 is 0 Å². The number of phenolic OH excluding ortho intramolecular Hbond substituents is 1. The molecule has 3 aromatic carbocycles. The van der Waals surface area contributed by atoms with E-state index in [2.05, 4.69) is 40.2 Å². The molecule has 0 amide bonds. The van der Waals surface area contributed by atoms with Crippen molar-refractivity contribution in [1.29, 1.82) is 0 Å². The van der Waals surface area contributed by atoms with Gasteiger partial charge in [-0.2, -0.15) is 0 Å². The van der Waals surface area contributed by atoms with Crippen LogP contribution >= 0.6 is 0 Å². The highest BCUT2D eigenvalue weighted by Gasteiger charge is 2.25. The van der Waals surface area contributed by atoms with E-state index < -0.39 is 0 Å². The normalized spacial score (nSPS) is 14.5. The molecule has 0 unspecified atom stereocenters. The van der Waals surface area contributed by atoms with Gasteiger partial charge in [-0.15, -0.1) is 0 Å². The third-order valence-corrected chi connectivity index (χ3v) is 6.48. The van der Waals surface area contributed by atoms with Gasteiger partial charge in [0.2, 0.25) is 0 Å². The molecule has 0 atom stereocenters. The standard InChI is InChI=1S/C28H29FN2O2/c29-17-21-18-31(19-21)15-16-33-24-12-5-20(6-13-24)7-14-26-25-3-1-2-4-27(25)30-28(26)22-8-10-23(32)11-9-22/h1-6,8-13,21,30,32H,7,14-19H2. The van der Waals surface area contributed by atoms with Gasteiger partial charge in [0.1, 0.15) is 18.1 Å². The van der Waals surface area contributed by atoms with Crippen LogP contribution < -0.4 is 4.74 Å². The number of benzene rings is 3. The molecule has 1 aliphatic heterocycles. The van der Waals surface area contributed by atoms with Gasteiger partial charge in [-0.25, -0.2) is 0 Å². The van der Waals surface area contributed by atoms with Crippen LogP contribution in [0.1, 0.15) is 11.1 Å². The van der Waals surface area contributed by atoms with Gasteiger partial charge in [0.15, 0.2) is 0 Å². The summed E-state index contributed by atoms with van der Waals surface area (Å²) in [7, 11) is 0. The number of ether oxygens (including phenoxy) is 1. The molecule has 1 aromatic heterocycles. The molecule has 1 aliphatic rings. The number of phenols is 1. The highest BCUT2D eigenvalue weighted by atomic mass is 19.1. The Morgan fingerprint density at radius 1 is 0.939 bits per heavy atom. The minimum atomic E-state index is -0.214.